The van der Waals surface area contributed by atoms with E-state index in [0.29, 0.717) is 17.6 Å². The van der Waals surface area contributed by atoms with Crippen LogP contribution in [-0.2, 0) is 0 Å². The van der Waals surface area contributed by atoms with Crippen LogP contribution in [0.2, 0.25) is 0 Å². The molecule has 2 heterocycles. The maximum Gasteiger partial charge on any atom is 0.499 e. The highest BCUT2D eigenvalue weighted by molar-refractivity contribution is 5.98. The van der Waals surface area contributed by atoms with Crippen LogP contribution in [0.15, 0.2) is 24.3 Å². The zero-order valence-corrected chi connectivity index (χ0v) is 12.6. The SMILES string of the molecule is O=C(c1ccc(OC(F)(F)C(F)(F)F)cc1)C1CC2CCC(C1)N2. The van der Waals surface area contributed by atoms with Crippen LogP contribution in [0, 0.1) is 5.92 Å². The monoisotopic (exact) mass is 349 g/mol. The molecule has 8 heteroatoms. The summed E-state index contributed by atoms with van der Waals surface area (Å²) >= 11 is 0. The van der Waals surface area contributed by atoms with Crippen molar-refractivity contribution >= 4 is 5.78 Å². The number of benzene rings is 1. The third-order valence-corrected chi connectivity index (χ3v) is 4.56. The lowest BCUT2D eigenvalue weighted by Gasteiger charge is -2.28. The normalized spacial score (nSPS) is 27.1. The number of carbonyl (C=O) groups is 1. The third-order valence-electron chi connectivity index (χ3n) is 4.56. The molecule has 3 nitrogen and oxygen atoms in total. The summed E-state index contributed by atoms with van der Waals surface area (Å²) in [4.78, 5) is 12.5. The Hall–Kier alpha value is -1.70. The summed E-state index contributed by atoms with van der Waals surface area (Å²) in [6, 6.07) is 5.03. The molecule has 2 fully saturated rings. The molecule has 132 valence electrons. The van der Waals surface area contributed by atoms with Crippen LogP contribution in [0.3, 0.4) is 0 Å². The Balaban J connectivity index is 1.67. The van der Waals surface area contributed by atoms with Gasteiger partial charge in [-0.15, -0.1) is 0 Å². The standard InChI is InChI=1S/C16H16F5NO2/c17-15(18,19)16(20,21)24-13-5-1-9(2-6-13)14(23)10-7-11-3-4-12(8-10)22-11/h1-2,5-6,10-12,22H,3-4,7-8H2. The number of hydrogen-bond donors (Lipinski definition) is 1. The lowest BCUT2D eigenvalue weighted by atomic mass is 9.86. The van der Waals surface area contributed by atoms with Gasteiger partial charge in [0.2, 0.25) is 0 Å². The summed E-state index contributed by atoms with van der Waals surface area (Å²) in [5, 5.41) is 3.41. The smallest absolute Gasteiger partial charge is 0.426 e. The number of halogens is 5. The molecule has 1 N–H and O–H groups in total. The lowest BCUT2D eigenvalue weighted by Crippen LogP contribution is -2.41. The van der Waals surface area contributed by atoms with E-state index in [9.17, 15) is 26.7 Å². The van der Waals surface area contributed by atoms with E-state index < -0.39 is 18.0 Å². The van der Waals surface area contributed by atoms with E-state index in [4.69, 9.17) is 0 Å². The molecule has 0 radical (unpaired) electrons. The maximum atomic E-state index is 12.8. The summed E-state index contributed by atoms with van der Waals surface area (Å²) in [5.41, 5.74) is 0.295. The first kappa shape index (κ1) is 17.1. The van der Waals surface area contributed by atoms with Crippen molar-refractivity contribution in [2.75, 3.05) is 0 Å². The first-order valence-corrected chi connectivity index (χ1v) is 7.69. The molecule has 0 amide bonds. The van der Waals surface area contributed by atoms with Gasteiger partial charge in [-0.25, -0.2) is 0 Å². The molecule has 24 heavy (non-hydrogen) atoms. The van der Waals surface area contributed by atoms with Crippen LogP contribution >= 0.6 is 0 Å². The number of carbonyl (C=O) groups excluding carboxylic acids is 1. The Kier molecular flexibility index (Phi) is 4.27. The van der Waals surface area contributed by atoms with Crippen molar-refractivity contribution in [2.24, 2.45) is 5.92 Å². The van der Waals surface area contributed by atoms with Crippen LogP contribution < -0.4 is 10.1 Å². The fourth-order valence-corrected chi connectivity index (χ4v) is 3.40. The second kappa shape index (κ2) is 5.98. The molecule has 1 aromatic rings. The van der Waals surface area contributed by atoms with Gasteiger partial charge in [-0.1, -0.05) is 0 Å². The van der Waals surface area contributed by atoms with E-state index in [0.717, 1.165) is 37.8 Å². The fraction of sp³-hybridized carbons (Fsp3) is 0.562. The highest BCUT2D eigenvalue weighted by atomic mass is 19.4. The van der Waals surface area contributed by atoms with E-state index in [2.05, 4.69) is 10.1 Å². The van der Waals surface area contributed by atoms with E-state index in [1.54, 1.807) is 0 Å². The van der Waals surface area contributed by atoms with Crippen molar-refractivity contribution in [3.05, 3.63) is 29.8 Å². The highest BCUT2D eigenvalue weighted by Crippen LogP contribution is 2.37. The second-order valence-electron chi connectivity index (χ2n) is 6.31. The minimum atomic E-state index is -5.80. The molecule has 2 atom stereocenters. The number of piperidine rings is 1. The number of rotatable bonds is 4. The fourth-order valence-electron chi connectivity index (χ4n) is 3.40. The first-order valence-electron chi connectivity index (χ1n) is 7.69. The Labute approximate surface area is 135 Å². The predicted molar refractivity (Wildman–Crippen MR) is 75.1 cm³/mol. The van der Waals surface area contributed by atoms with E-state index in [1.165, 1.54) is 12.1 Å². The molecule has 2 aliphatic rings. The third kappa shape index (κ3) is 3.38. The van der Waals surface area contributed by atoms with Crippen molar-refractivity contribution in [2.45, 2.75) is 50.1 Å². The molecular weight excluding hydrogens is 333 g/mol. The number of alkyl halides is 5. The number of fused-ring (bicyclic) bond motifs is 2. The van der Waals surface area contributed by atoms with Gasteiger partial charge in [-0.3, -0.25) is 4.79 Å². The summed E-state index contributed by atoms with van der Waals surface area (Å²) in [7, 11) is 0. The molecule has 3 rings (SSSR count). The van der Waals surface area contributed by atoms with Crippen molar-refractivity contribution in [1.82, 2.24) is 5.32 Å². The van der Waals surface area contributed by atoms with E-state index >= 15 is 0 Å². The molecule has 0 saturated carbocycles. The summed E-state index contributed by atoms with van der Waals surface area (Å²) in [5.74, 6) is -0.895. The molecule has 0 spiro atoms. The molecule has 1 aromatic carbocycles. The van der Waals surface area contributed by atoms with Crippen molar-refractivity contribution in [1.29, 1.82) is 0 Å². The summed E-state index contributed by atoms with van der Waals surface area (Å²) in [6.45, 7) is 0. The number of Topliss-reactive ketones (excluding diaryl/α,β-unsaturated/α-hetero) is 1. The maximum absolute atomic E-state index is 12.8. The van der Waals surface area contributed by atoms with Crippen molar-refractivity contribution in [3.8, 4) is 5.75 Å². The average Bonchev–Trinajstić information content (AvgIpc) is 2.84. The Morgan fingerprint density at radius 1 is 1.00 bits per heavy atom. The number of ketones is 1. The molecule has 2 unspecified atom stereocenters. The molecular formula is C16H16F5NO2. The Bertz CT molecular complexity index is 602. The minimum Gasteiger partial charge on any atom is -0.426 e. The topological polar surface area (TPSA) is 38.3 Å². The molecule has 0 aliphatic carbocycles. The van der Waals surface area contributed by atoms with Gasteiger partial charge < -0.3 is 10.1 Å². The van der Waals surface area contributed by atoms with Crippen LogP contribution in [0.5, 0.6) is 5.75 Å². The van der Waals surface area contributed by atoms with Gasteiger partial charge >= 0.3 is 12.3 Å². The Morgan fingerprint density at radius 3 is 2.04 bits per heavy atom. The lowest BCUT2D eigenvalue weighted by molar-refractivity contribution is -0.360. The summed E-state index contributed by atoms with van der Waals surface area (Å²) < 4.78 is 65.7. The van der Waals surface area contributed by atoms with Gasteiger partial charge in [0, 0.05) is 23.6 Å². The van der Waals surface area contributed by atoms with Crippen LogP contribution in [0.1, 0.15) is 36.0 Å². The quantitative estimate of drug-likeness (QED) is 0.661. The largest absolute Gasteiger partial charge is 0.499 e. The van der Waals surface area contributed by atoms with Crippen LogP contribution in [-0.4, -0.2) is 30.2 Å². The predicted octanol–water partition coefficient (Wildman–Crippen LogP) is 3.93. The number of hydrogen-bond acceptors (Lipinski definition) is 3. The van der Waals surface area contributed by atoms with Crippen LogP contribution in [0.25, 0.3) is 0 Å². The van der Waals surface area contributed by atoms with Crippen molar-refractivity contribution < 1.29 is 31.5 Å². The van der Waals surface area contributed by atoms with E-state index in [1.807, 2.05) is 0 Å². The molecule has 2 bridgehead atoms. The average molecular weight is 349 g/mol. The molecule has 2 saturated heterocycles. The van der Waals surface area contributed by atoms with Gasteiger partial charge in [0.1, 0.15) is 5.75 Å². The molecule has 2 aliphatic heterocycles. The zero-order valence-electron chi connectivity index (χ0n) is 12.6. The Morgan fingerprint density at radius 2 is 1.54 bits per heavy atom. The van der Waals surface area contributed by atoms with Gasteiger partial charge in [-0.05, 0) is 49.9 Å². The molecule has 0 aromatic heterocycles. The number of ether oxygens (including phenoxy) is 1. The van der Waals surface area contributed by atoms with Gasteiger partial charge in [0.05, 0.1) is 0 Å². The van der Waals surface area contributed by atoms with Gasteiger partial charge in [-0.2, -0.15) is 22.0 Å². The minimum absolute atomic E-state index is 0.109. The second-order valence-corrected chi connectivity index (χ2v) is 6.31. The summed E-state index contributed by atoms with van der Waals surface area (Å²) in [6.07, 6.45) is -7.55. The first-order chi connectivity index (χ1) is 11.2. The zero-order chi connectivity index (χ0) is 17.5. The van der Waals surface area contributed by atoms with E-state index in [-0.39, 0.29) is 11.7 Å². The van der Waals surface area contributed by atoms with Crippen LogP contribution in [0.4, 0.5) is 22.0 Å². The van der Waals surface area contributed by atoms with Gasteiger partial charge in [0.25, 0.3) is 0 Å². The number of nitrogens with one attached hydrogen (secondary N) is 1. The highest BCUT2D eigenvalue weighted by Gasteiger charge is 2.61. The van der Waals surface area contributed by atoms with Crippen molar-refractivity contribution in [3.63, 3.8) is 0 Å². The van der Waals surface area contributed by atoms with Gasteiger partial charge in [0.15, 0.2) is 5.78 Å².